The number of rotatable bonds is 2. The molecule has 1 heterocycles. The van der Waals surface area contributed by atoms with E-state index >= 15 is 0 Å². The highest BCUT2D eigenvalue weighted by Crippen LogP contribution is 2.10. The van der Waals surface area contributed by atoms with Crippen LogP contribution in [0, 0.1) is 0 Å². The van der Waals surface area contributed by atoms with Crippen LogP contribution in [0.5, 0.6) is 0 Å². The fraction of sp³-hybridized carbons (Fsp3) is 0.600. The van der Waals surface area contributed by atoms with Gasteiger partial charge >= 0.3 is 0 Å². The van der Waals surface area contributed by atoms with Crippen LogP contribution in [-0.2, 0) is 4.84 Å². The molecule has 1 rings (SSSR count). The van der Waals surface area contributed by atoms with Crippen LogP contribution in [-0.4, -0.2) is 24.3 Å². The molecule has 1 aliphatic rings. The Labute approximate surface area is 47.5 Å². The van der Waals surface area contributed by atoms with Gasteiger partial charge in [0.2, 0.25) is 0 Å². The van der Waals surface area contributed by atoms with Crippen LogP contribution in [0.2, 0.25) is 0 Å². The van der Waals surface area contributed by atoms with Crippen molar-refractivity contribution in [1.29, 1.82) is 0 Å². The highest BCUT2D eigenvalue weighted by atomic mass is 19.1. The molecular weight excluding hydrogens is 109 g/mol. The van der Waals surface area contributed by atoms with Crippen LogP contribution >= 0.6 is 0 Å². The molecule has 0 saturated carbocycles. The Hall–Kier alpha value is -0.570. The molecule has 0 spiro atoms. The number of halogens is 1. The summed E-state index contributed by atoms with van der Waals surface area (Å²) in [6.45, 7) is 4.08. The van der Waals surface area contributed by atoms with E-state index in [1.807, 2.05) is 0 Å². The Bertz CT molecular complexity index is 90.4. The van der Waals surface area contributed by atoms with Gasteiger partial charge in [-0.05, 0) is 0 Å². The second kappa shape index (κ2) is 2.13. The molecule has 0 amide bonds. The van der Waals surface area contributed by atoms with Gasteiger partial charge in [-0.3, -0.25) is 0 Å². The van der Waals surface area contributed by atoms with Crippen molar-refractivity contribution in [1.82, 2.24) is 5.06 Å². The number of alkyl halides is 1. The highest BCUT2D eigenvalue weighted by Gasteiger charge is 2.26. The summed E-state index contributed by atoms with van der Waals surface area (Å²) in [5, 5.41) is 1.51. The van der Waals surface area contributed by atoms with Crippen LogP contribution in [0.25, 0.3) is 0 Å². The monoisotopic (exact) mass is 117 g/mol. The maximum Gasteiger partial charge on any atom is 0.132 e. The average molecular weight is 117 g/mol. The van der Waals surface area contributed by atoms with Gasteiger partial charge in [0.1, 0.15) is 12.4 Å². The lowest BCUT2D eigenvalue weighted by atomic mass is 10.2. The molecule has 46 valence electrons. The highest BCUT2D eigenvalue weighted by molar-refractivity contribution is 4.73. The van der Waals surface area contributed by atoms with E-state index in [9.17, 15) is 4.39 Å². The van der Waals surface area contributed by atoms with Crippen molar-refractivity contribution < 1.29 is 9.23 Å². The maximum absolute atomic E-state index is 11.9. The zero-order valence-corrected chi connectivity index (χ0v) is 4.51. The number of hydrogen-bond donors (Lipinski definition) is 0. The fourth-order valence-corrected chi connectivity index (χ4v) is 0.580. The van der Waals surface area contributed by atoms with E-state index in [0.717, 1.165) is 0 Å². The molecule has 0 bridgehead atoms. The Balaban J connectivity index is 2.06. The van der Waals surface area contributed by atoms with Crippen molar-refractivity contribution >= 4 is 0 Å². The lowest BCUT2D eigenvalue weighted by Crippen LogP contribution is -2.46. The van der Waals surface area contributed by atoms with Gasteiger partial charge in [-0.1, -0.05) is 6.58 Å². The van der Waals surface area contributed by atoms with Crippen LogP contribution < -0.4 is 0 Å². The normalized spacial score (nSPS) is 22.1. The minimum absolute atomic E-state index is 0.381. The van der Waals surface area contributed by atoms with E-state index in [1.165, 1.54) is 11.3 Å². The van der Waals surface area contributed by atoms with E-state index in [2.05, 4.69) is 6.58 Å². The largest absolute Gasteiger partial charge is 0.414 e. The summed E-state index contributed by atoms with van der Waals surface area (Å²) in [5.74, 6) is 0. The summed E-state index contributed by atoms with van der Waals surface area (Å²) in [4.78, 5) is 4.71. The molecule has 0 radical (unpaired) electrons. The van der Waals surface area contributed by atoms with Crippen molar-refractivity contribution in [2.45, 2.75) is 6.17 Å². The molecule has 0 aromatic rings. The Morgan fingerprint density at radius 2 is 2.38 bits per heavy atom. The third-order valence-corrected chi connectivity index (χ3v) is 1.03. The van der Waals surface area contributed by atoms with Gasteiger partial charge in [0.05, 0.1) is 13.1 Å². The Morgan fingerprint density at radius 3 is 2.75 bits per heavy atom. The van der Waals surface area contributed by atoms with Crippen molar-refractivity contribution in [3.8, 4) is 0 Å². The Morgan fingerprint density at radius 1 is 1.75 bits per heavy atom. The number of nitrogens with zero attached hydrogens (tertiary/aromatic N) is 1. The summed E-state index contributed by atoms with van der Waals surface area (Å²) in [5.41, 5.74) is 0. The van der Waals surface area contributed by atoms with Crippen molar-refractivity contribution in [3.63, 3.8) is 0 Å². The first-order valence-corrected chi connectivity index (χ1v) is 2.49. The van der Waals surface area contributed by atoms with E-state index in [-0.39, 0.29) is 0 Å². The van der Waals surface area contributed by atoms with E-state index in [1.54, 1.807) is 0 Å². The lowest BCUT2D eigenvalue weighted by molar-refractivity contribution is -0.179. The summed E-state index contributed by atoms with van der Waals surface area (Å²) in [6, 6.07) is 0. The SMILES string of the molecule is C=CON1CC(F)C1. The molecule has 1 saturated heterocycles. The standard InChI is InChI=1S/C5H8FNO/c1-2-8-7-3-5(6)4-7/h2,5H,1,3-4H2. The van der Waals surface area contributed by atoms with Crippen LogP contribution in [0.3, 0.4) is 0 Å². The maximum atomic E-state index is 11.9. The molecular formula is C5H8FNO. The Kier molecular flexibility index (Phi) is 1.48. The predicted molar refractivity (Wildman–Crippen MR) is 27.8 cm³/mol. The van der Waals surface area contributed by atoms with Gasteiger partial charge in [0.25, 0.3) is 0 Å². The minimum atomic E-state index is -0.699. The molecule has 1 fully saturated rings. The first-order valence-electron chi connectivity index (χ1n) is 2.49. The summed E-state index contributed by atoms with van der Waals surface area (Å²) in [7, 11) is 0. The van der Waals surface area contributed by atoms with Gasteiger partial charge in [0, 0.05) is 0 Å². The predicted octanol–water partition coefficient (Wildman–Crippen LogP) is 0.715. The first-order chi connectivity index (χ1) is 3.83. The molecule has 2 nitrogen and oxygen atoms in total. The summed E-state index contributed by atoms with van der Waals surface area (Å²) in [6.07, 6.45) is 0.598. The zero-order valence-electron chi connectivity index (χ0n) is 4.51. The minimum Gasteiger partial charge on any atom is -0.414 e. The van der Waals surface area contributed by atoms with E-state index in [4.69, 9.17) is 4.84 Å². The van der Waals surface area contributed by atoms with Gasteiger partial charge in [-0.15, -0.1) is 5.06 Å². The van der Waals surface area contributed by atoms with Crippen molar-refractivity contribution in [2.24, 2.45) is 0 Å². The zero-order chi connectivity index (χ0) is 5.98. The van der Waals surface area contributed by atoms with Gasteiger partial charge in [-0.25, -0.2) is 4.39 Å². The third-order valence-electron chi connectivity index (χ3n) is 1.03. The first kappa shape index (κ1) is 5.56. The molecule has 3 heteroatoms. The van der Waals surface area contributed by atoms with Crippen molar-refractivity contribution in [2.75, 3.05) is 13.1 Å². The average Bonchev–Trinajstić information content (AvgIpc) is 1.64. The van der Waals surface area contributed by atoms with Gasteiger partial charge in [0.15, 0.2) is 0 Å². The molecule has 0 aromatic heterocycles. The van der Waals surface area contributed by atoms with Crippen LogP contribution in [0.4, 0.5) is 4.39 Å². The second-order valence-electron chi connectivity index (χ2n) is 1.72. The molecule has 0 atom stereocenters. The topological polar surface area (TPSA) is 12.5 Å². The lowest BCUT2D eigenvalue weighted by Gasteiger charge is -2.31. The quantitative estimate of drug-likeness (QED) is 0.494. The summed E-state index contributed by atoms with van der Waals surface area (Å²) < 4.78 is 11.9. The van der Waals surface area contributed by atoms with E-state index in [0.29, 0.717) is 13.1 Å². The molecule has 1 aliphatic heterocycles. The second-order valence-corrected chi connectivity index (χ2v) is 1.72. The van der Waals surface area contributed by atoms with Gasteiger partial charge in [-0.2, -0.15) is 0 Å². The fourth-order valence-electron chi connectivity index (χ4n) is 0.580. The summed E-state index contributed by atoms with van der Waals surface area (Å²) >= 11 is 0. The third kappa shape index (κ3) is 0.980. The smallest absolute Gasteiger partial charge is 0.132 e. The van der Waals surface area contributed by atoms with Crippen LogP contribution in [0.15, 0.2) is 12.8 Å². The van der Waals surface area contributed by atoms with Crippen LogP contribution in [0.1, 0.15) is 0 Å². The number of hydrogen-bond acceptors (Lipinski definition) is 2. The van der Waals surface area contributed by atoms with Crippen molar-refractivity contribution in [3.05, 3.63) is 12.8 Å². The number of hydroxylamine groups is 2. The van der Waals surface area contributed by atoms with Gasteiger partial charge < -0.3 is 4.84 Å². The molecule has 0 N–H and O–H groups in total. The van der Waals surface area contributed by atoms with E-state index < -0.39 is 6.17 Å². The molecule has 0 aromatic carbocycles. The molecule has 8 heavy (non-hydrogen) atoms. The molecule has 0 unspecified atom stereocenters. The molecule has 0 aliphatic carbocycles.